The number of aromatic nitrogens is 1. The van der Waals surface area contributed by atoms with Crippen molar-refractivity contribution in [1.29, 1.82) is 0 Å². The van der Waals surface area contributed by atoms with Crippen LogP contribution in [-0.2, 0) is 0 Å². The second-order valence-corrected chi connectivity index (χ2v) is 7.01. The molecule has 1 amide bonds. The highest BCUT2D eigenvalue weighted by atomic mass is 16.5. The molecular formula is C24H22N2O3. The Morgan fingerprint density at radius 1 is 1.00 bits per heavy atom. The van der Waals surface area contributed by atoms with Crippen molar-refractivity contribution in [1.82, 2.24) is 4.98 Å². The van der Waals surface area contributed by atoms with Crippen molar-refractivity contribution in [3.05, 3.63) is 81.6 Å². The maximum atomic E-state index is 13.2. The molecular weight excluding hydrogens is 364 g/mol. The van der Waals surface area contributed by atoms with E-state index in [1.54, 1.807) is 13.0 Å². The van der Waals surface area contributed by atoms with Crippen LogP contribution in [0.4, 0.5) is 5.69 Å². The van der Waals surface area contributed by atoms with Crippen molar-refractivity contribution in [2.75, 3.05) is 11.9 Å². The Bertz CT molecular complexity index is 1310. The molecule has 5 nitrogen and oxygen atoms in total. The lowest BCUT2D eigenvalue weighted by Crippen LogP contribution is -2.15. The number of nitrogens with one attached hydrogen (secondary N) is 2. The molecule has 0 aliphatic heterocycles. The Kier molecular flexibility index (Phi) is 4.80. The molecule has 1 heterocycles. The fraction of sp³-hybridized carbons (Fsp3) is 0.167. The van der Waals surface area contributed by atoms with Crippen molar-refractivity contribution in [3.63, 3.8) is 0 Å². The van der Waals surface area contributed by atoms with Gasteiger partial charge >= 0.3 is 0 Å². The SMILES string of the molecule is CCOc1ccc2ccccc2c1C(=O)Nc1ccc2c(C)c(C)c(=O)[nH]c2c1. The van der Waals surface area contributed by atoms with Gasteiger partial charge in [0.25, 0.3) is 11.5 Å². The highest BCUT2D eigenvalue weighted by Crippen LogP contribution is 2.29. The molecule has 1 aromatic heterocycles. The zero-order valence-electron chi connectivity index (χ0n) is 16.6. The summed E-state index contributed by atoms with van der Waals surface area (Å²) in [6.45, 7) is 6.09. The van der Waals surface area contributed by atoms with Gasteiger partial charge in [-0.3, -0.25) is 9.59 Å². The molecule has 0 saturated carbocycles. The van der Waals surface area contributed by atoms with Crippen molar-refractivity contribution in [3.8, 4) is 5.75 Å². The van der Waals surface area contributed by atoms with Gasteiger partial charge in [-0.25, -0.2) is 0 Å². The summed E-state index contributed by atoms with van der Waals surface area (Å²) >= 11 is 0. The van der Waals surface area contributed by atoms with Crippen LogP contribution in [0, 0.1) is 13.8 Å². The number of hydrogen-bond donors (Lipinski definition) is 2. The van der Waals surface area contributed by atoms with E-state index in [9.17, 15) is 9.59 Å². The molecule has 0 aliphatic carbocycles. The van der Waals surface area contributed by atoms with Gasteiger partial charge in [0.15, 0.2) is 0 Å². The molecule has 4 aromatic rings. The molecule has 146 valence electrons. The van der Waals surface area contributed by atoms with Gasteiger partial charge in [0.1, 0.15) is 5.75 Å². The molecule has 0 unspecified atom stereocenters. The number of anilines is 1. The molecule has 0 fully saturated rings. The number of rotatable bonds is 4. The van der Waals surface area contributed by atoms with Gasteiger partial charge in [-0.2, -0.15) is 0 Å². The number of carbonyl (C=O) groups is 1. The van der Waals surface area contributed by atoms with Crippen molar-refractivity contribution >= 4 is 33.3 Å². The first-order valence-corrected chi connectivity index (χ1v) is 9.58. The minimum absolute atomic E-state index is 0.119. The number of benzene rings is 3. The van der Waals surface area contributed by atoms with E-state index in [1.165, 1.54) is 0 Å². The number of pyridine rings is 1. The molecule has 5 heteroatoms. The minimum Gasteiger partial charge on any atom is -0.493 e. The zero-order valence-corrected chi connectivity index (χ0v) is 16.6. The van der Waals surface area contributed by atoms with E-state index in [4.69, 9.17) is 4.74 Å². The fourth-order valence-corrected chi connectivity index (χ4v) is 3.60. The van der Waals surface area contributed by atoms with Gasteiger partial charge in [0.2, 0.25) is 0 Å². The number of fused-ring (bicyclic) bond motifs is 2. The summed E-state index contributed by atoms with van der Waals surface area (Å²) in [6.07, 6.45) is 0. The van der Waals surface area contributed by atoms with Gasteiger partial charge < -0.3 is 15.0 Å². The molecule has 0 saturated heterocycles. The average molecular weight is 386 g/mol. The number of carbonyl (C=O) groups excluding carboxylic acids is 1. The third-order valence-corrected chi connectivity index (χ3v) is 5.25. The molecule has 0 spiro atoms. The van der Waals surface area contributed by atoms with Crippen molar-refractivity contribution < 1.29 is 9.53 Å². The van der Waals surface area contributed by atoms with Gasteiger partial charge in [0.05, 0.1) is 17.7 Å². The first-order valence-electron chi connectivity index (χ1n) is 9.58. The monoisotopic (exact) mass is 386 g/mol. The molecule has 0 radical (unpaired) electrons. The van der Waals surface area contributed by atoms with Crippen LogP contribution in [-0.4, -0.2) is 17.5 Å². The molecule has 0 atom stereocenters. The Morgan fingerprint density at radius 2 is 1.79 bits per heavy atom. The topological polar surface area (TPSA) is 71.2 Å². The summed E-state index contributed by atoms with van der Waals surface area (Å²) in [5.41, 5.74) is 3.32. The predicted octanol–water partition coefficient (Wildman–Crippen LogP) is 4.95. The number of amides is 1. The summed E-state index contributed by atoms with van der Waals surface area (Å²) in [5.74, 6) is 0.292. The standard InChI is InChI=1S/C24H22N2O3/c1-4-29-21-12-9-16-7-5-6-8-19(16)22(21)24(28)25-17-10-11-18-14(2)15(3)23(27)26-20(18)13-17/h5-13H,4H2,1-3H3,(H,25,28)(H,26,27). The highest BCUT2D eigenvalue weighted by molar-refractivity contribution is 6.15. The summed E-state index contributed by atoms with van der Waals surface area (Å²) in [5, 5.41) is 5.71. The second kappa shape index (κ2) is 7.43. The third-order valence-electron chi connectivity index (χ3n) is 5.25. The van der Waals surface area contributed by atoms with E-state index in [2.05, 4.69) is 10.3 Å². The van der Waals surface area contributed by atoms with Gasteiger partial charge in [-0.15, -0.1) is 0 Å². The lowest BCUT2D eigenvalue weighted by Gasteiger charge is -2.14. The Hall–Kier alpha value is -3.60. The first-order chi connectivity index (χ1) is 14.0. The minimum atomic E-state index is -0.254. The number of aromatic amines is 1. The number of H-pyrrole nitrogens is 1. The van der Waals surface area contributed by atoms with Crippen LogP contribution in [0.1, 0.15) is 28.4 Å². The Balaban J connectivity index is 1.77. The van der Waals surface area contributed by atoms with Crippen LogP contribution in [0.15, 0.2) is 59.4 Å². The van der Waals surface area contributed by atoms with Crippen LogP contribution in [0.3, 0.4) is 0 Å². The van der Waals surface area contributed by atoms with Crippen LogP contribution in [0.5, 0.6) is 5.75 Å². The largest absolute Gasteiger partial charge is 0.493 e. The lowest BCUT2D eigenvalue weighted by atomic mass is 10.0. The van der Waals surface area contributed by atoms with E-state index in [0.717, 1.165) is 21.7 Å². The lowest BCUT2D eigenvalue weighted by molar-refractivity contribution is 0.102. The second-order valence-electron chi connectivity index (χ2n) is 7.01. The van der Waals surface area contributed by atoms with E-state index in [0.29, 0.717) is 34.7 Å². The predicted molar refractivity (Wildman–Crippen MR) is 117 cm³/mol. The fourth-order valence-electron chi connectivity index (χ4n) is 3.60. The Labute approximate surface area is 168 Å². The van der Waals surface area contributed by atoms with Crippen LogP contribution in [0.2, 0.25) is 0 Å². The van der Waals surface area contributed by atoms with Gasteiger partial charge in [-0.1, -0.05) is 36.4 Å². The first kappa shape index (κ1) is 18.7. The maximum Gasteiger partial charge on any atom is 0.260 e. The van der Waals surface area contributed by atoms with E-state index >= 15 is 0 Å². The summed E-state index contributed by atoms with van der Waals surface area (Å²) in [6, 6.07) is 17.0. The van der Waals surface area contributed by atoms with Gasteiger partial charge in [0, 0.05) is 16.6 Å². The number of hydrogen-bond acceptors (Lipinski definition) is 3. The number of ether oxygens (including phenoxy) is 1. The van der Waals surface area contributed by atoms with E-state index in [-0.39, 0.29) is 11.5 Å². The quantitative estimate of drug-likeness (QED) is 0.521. The normalized spacial score (nSPS) is 11.0. The molecule has 4 rings (SSSR count). The van der Waals surface area contributed by atoms with E-state index in [1.807, 2.05) is 62.4 Å². The maximum absolute atomic E-state index is 13.2. The van der Waals surface area contributed by atoms with Crippen molar-refractivity contribution in [2.24, 2.45) is 0 Å². The van der Waals surface area contributed by atoms with Crippen molar-refractivity contribution in [2.45, 2.75) is 20.8 Å². The van der Waals surface area contributed by atoms with Gasteiger partial charge in [-0.05, 0) is 55.3 Å². The molecule has 0 aliphatic rings. The summed E-state index contributed by atoms with van der Waals surface area (Å²) < 4.78 is 5.71. The molecule has 2 N–H and O–H groups in total. The number of aryl methyl sites for hydroxylation is 1. The average Bonchev–Trinajstić information content (AvgIpc) is 2.72. The molecule has 3 aromatic carbocycles. The smallest absolute Gasteiger partial charge is 0.260 e. The molecule has 0 bridgehead atoms. The highest BCUT2D eigenvalue weighted by Gasteiger charge is 2.17. The van der Waals surface area contributed by atoms with Crippen LogP contribution >= 0.6 is 0 Å². The Morgan fingerprint density at radius 3 is 2.59 bits per heavy atom. The van der Waals surface area contributed by atoms with E-state index < -0.39 is 0 Å². The summed E-state index contributed by atoms with van der Waals surface area (Å²) in [4.78, 5) is 28.2. The third kappa shape index (κ3) is 3.36. The summed E-state index contributed by atoms with van der Waals surface area (Å²) in [7, 11) is 0. The molecule has 29 heavy (non-hydrogen) atoms. The van der Waals surface area contributed by atoms with Crippen LogP contribution in [0.25, 0.3) is 21.7 Å². The zero-order chi connectivity index (χ0) is 20.5. The van der Waals surface area contributed by atoms with Crippen LogP contribution < -0.4 is 15.6 Å².